The summed E-state index contributed by atoms with van der Waals surface area (Å²) in [6.45, 7) is 4.28. The van der Waals surface area contributed by atoms with Crippen LogP contribution in [0.1, 0.15) is 29.5 Å². The molecular weight excluding hydrogens is 424 g/mol. The van der Waals surface area contributed by atoms with Crippen molar-refractivity contribution in [2.75, 3.05) is 16.8 Å². The molecule has 9 nitrogen and oxygen atoms in total. The number of carbonyl (C=O) groups excluding carboxylic acids is 3. The Morgan fingerprint density at radius 3 is 2.64 bits per heavy atom. The summed E-state index contributed by atoms with van der Waals surface area (Å²) in [6.07, 6.45) is 1.56. The second-order valence-electron chi connectivity index (χ2n) is 9.42. The fourth-order valence-electron chi connectivity index (χ4n) is 6.51. The first-order chi connectivity index (χ1) is 15.8. The molecule has 33 heavy (non-hydrogen) atoms. The van der Waals surface area contributed by atoms with Crippen LogP contribution in [0.5, 0.6) is 0 Å². The van der Waals surface area contributed by atoms with Crippen LogP contribution in [0.25, 0.3) is 0 Å². The van der Waals surface area contributed by atoms with Crippen molar-refractivity contribution in [1.29, 1.82) is 0 Å². The maximum absolute atomic E-state index is 14.0. The maximum atomic E-state index is 14.0. The van der Waals surface area contributed by atoms with E-state index in [1.165, 1.54) is 12.1 Å². The number of nitrogens with one attached hydrogen (secondary N) is 1. The molecule has 168 valence electrons. The van der Waals surface area contributed by atoms with E-state index in [1.807, 2.05) is 25.1 Å². The number of nitro benzene ring substituents is 1. The first-order valence-electron chi connectivity index (χ1n) is 11.1. The molecule has 3 amide bonds. The van der Waals surface area contributed by atoms with E-state index in [0.29, 0.717) is 17.8 Å². The van der Waals surface area contributed by atoms with Crippen molar-refractivity contribution >= 4 is 34.8 Å². The first-order valence-corrected chi connectivity index (χ1v) is 11.1. The molecule has 2 aromatic rings. The van der Waals surface area contributed by atoms with Gasteiger partial charge in [0.05, 0.1) is 22.4 Å². The van der Waals surface area contributed by atoms with E-state index in [-0.39, 0.29) is 29.2 Å². The van der Waals surface area contributed by atoms with Gasteiger partial charge in [-0.1, -0.05) is 23.8 Å². The highest BCUT2D eigenvalue weighted by molar-refractivity contribution is 6.26. The lowest BCUT2D eigenvalue weighted by Gasteiger charge is -2.36. The molecule has 1 spiro atoms. The zero-order valence-electron chi connectivity index (χ0n) is 18.2. The topological polar surface area (TPSA) is 113 Å². The number of benzene rings is 2. The molecule has 0 bridgehead atoms. The molecule has 1 N–H and O–H groups in total. The summed E-state index contributed by atoms with van der Waals surface area (Å²) < 4.78 is 0. The number of nitrogens with zero attached hydrogens (tertiary/aromatic N) is 3. The van der Waals surface area contributed by atoms with Gasteiger partial charge in [0, 0.05) is 29.4 Å². The molecule has 0 saturated carbocycles. The van der Waals surface area contributed by atoms with Crippen LogP contribution in [-0.2, 0) is 19.9 Å². The van der Waals surface area contributed by atoms with Crippen molar-refractivity contribution < 1.29 is 19.3 Å². The van der Waals surface area contributed by atoms with Crippen LogP contribution in [-0.4, -0.2) is 40.1 Å². The number of non-ortho nitro benzene ring substituents is 1. The van der Waals surface area contributed by atoms with Crippen molar-refractivity contribution in [3.8, 4) is 0 Å². The minimum absolute atomic E-state index is 0.190. The summed E-state index contributed by atoms with van der Waals surface area (Å²) >= 11 is 0. The van der Waals surface area contributed by atoms with Gasteiger partial charge in [-0.25, -0.2) is 4.90 Å². The van der Waals surface area contributed by atoms with Crippen molar-refractivity contribution in [3.63, 3.8) is 0 Å². The number of fused-ring (bicyclic) bond motifs is 7. The Morgan fingerprint density at radius 1 is 1.09 bits per heavy atom. The Balaban J connectivity index is 1.56. The van der Waals surface area contributed by atoms with Gasteiger partial charge < -0.3 is 5.32 Å². The number of hydrogen-bond donors (Lipinski definition) is 1. The van der Waals surface area contributed by atoms with Crippen LogP contribution >= 0.6 is 0 Å². The van der Waals surface area contributed by atoms with Gasteiger partial charge in [0.2, 0.25) is 17.7 Å². The van der Waals surface area contributed by atoms with Crippen LogP contribution < -0.4 is 10.2 Å². The van der Waals surface area contributed by atoms with E-state index < -0.39 is 28.2 Å². The van der Waals surface area contributed by atoms with Crippen molar-refractivity contribution in [3.05, 3.63) is 63.2 Å². The molecule has 4 aliphatic heterocycles. The van der Waals surface area contributed by atoms with E-state index >= 15 is 0 Å². The lowest BCUT2D eigenvalue weighted by molar-refractivity contribution is -0.384. The molecule has 6 rings (SSSR count). The molecule has 9 heteroatoms. The molecule has 0 radical (unpaired) electrons. The molecule has 0 unspecified atom stereocenters. The number of rotatable bonds is 2. The predicted octanol–water partition coefficient (Wildman–Crippen LogP) is 2.64. The van der Waals surface area contributed by atoms with E-state index in [0.717, 1.165) is 28.9 Å². The van der Waals surface area contributed by atoms with Gasteiger partial charge in [0.1, 0.15) is 5.54 Å². The highest BCUT2D eigenvalue weighted by atomic mass is 16.6. The summed E-state index contributed by atoms with van der Waals surface area (Å²) in [5.41, 5.74) is 1.75. The Labute approximate surface area is 189 Å². The molecule has 0 aromatic heterocycles. The Hall–Kier alpha value is -3.59. The number of hydrogen-bond acceptors (Lipinski definition) is 6. The predicted molar refractivity (Wildman–Crippen MR) is 119 cm³/mol. The van der Waals surface area contributed by atoms with Gasteiger partial charge in [-0.05, 0) is 44.9 Å². The summed E-state index contributed by atoms with van der Waals surface area (Å²) in [5.74, 6) is -2.67. The summed E-state index contributed by atoms with van der Waals surface area (Å²) in [6, 6.07) is 9.64. The van der Waals surface area contributed by atoms with Gasteiger partial charge >= 0.3 is 0 Å². The molecule has 0 aliphatic carbocycles. The second-order valence-corrected chi connectivity index (χ2v) is 9.42. The van der Waals surface area contributed by atoms with Crippen molar-refractivity contribution in [1.82, 2.24) is 4.90 Å². The second kappa shape index (κ2) is 6.48. The summed E-state index contributed by atoms with van der Waals surface area (Å²) in [5, 5.41) is 14.3. The molecular formula is C24H22N4O5. The average Bonchev–Trinajstić information content (AvgIpc) is 3.47. The minimum Gasteiger partial charge on any atom is -0.324 e. The quantitative estimate of drug-likeness (QED) is 0.431. The number of amides is 3. The maximum Gasteiger partial charge on any atom is 0.271 e. The van der Waals surface area contributed by atoms with Gasteiger partial charge in [0.15, 0.2) is 0 Å². The minimum atomic E-state index is -1.25. The van der Waals surface area contributed by atoms with Gasteiger partial charge in [-0.3, -0.25) is 29.4 Å². The van der Waals surface area contributed by atoms with Crippen molar-refractivity contribution in [2.45, 2.75) is 38.3 Å². The van der Waals surface area contributed by atoms with Crippen molar-refractivity contribution in [2.24, 2.45) is 11.8 Å². The molecule has 4 aliphatic rings. The van der Waals surface area contributed by atoms with Crippen LogP contribution in [0.4, 0.5) is 17.1 Å². The van der Waals surface area contributed by atoms with Crippen LogP contribution in [0.15, 0.2) is 36.4 Å². The van der Waals surface area contributed by atoms with E-state index in [9.17, 15) is 24.5 Å². The lowest BCUT2D eigenvalue weighted by atomic mass is 9.75. The average molecular weight is 446 g/mol. The SMILES string of the molecule is Cc1ccc2c(c1)[C@]1(C(=O)N2)[C@H]2C(=O)N(c3cc([N+](=O)[O-])ccc3C)C(=O)[C@@H]2[C@H]2CCCN21. The zero-order valence-corrected chi connectivity index (χ0v) is 18.2. The fourth-order valence-corrected chi connectivity index (χ4v) is 6.51. The van der Waals surface area contributed by atoms with Crippen LogP contribution in [0.2, 0.25) is 0 Å². The van der Waals surface area contributed by atoms with Gasteiger partial charge in [-0.2, -0.15) is 0 Å². The number of imide groups is 1. The van der Waals surface area contributed by atoms with Gasteiger partial charge in [0.25, 0.3) is 5.69 Å². The molecule has 4 atom stereocenters. The smallest absolute Gasteiger partial charge is 0.271 e. The highest BCUT2D eigenvalue weighted by Crippen LogP contribution is 2.60. The molecule has 4 heterocycles. The van der Waals surface area contributed by atoms with Crippen LogP contribution in [0.3, 0.4) is 0 Å². The third-order valence-electron chi connectivity index (χ3n) is 7.79. The molecule has 3 saturated heterocycles. The summed E-state index contributed by atoms with van der Waals surface area (Å²) in [7, 11) is 0. The first kappa shape index (κ1) is 20.0. The molecule has 3 fully saturated rings. The van der Waals surface area contributed by atoms with Gasteiger partial charge in [-0.15, -0.1) is 0 Å². The lowest BCUT2D eigenvalue weighted by Crippen LogP contribution is -2.54. The Bertz CT molecular complexity index is 1290. The number of anilines is 2. The fraction of sp³-hybridized carbons (Fsp3) is 0.375. The highest BCUT2D eigenvalue weighted by Gasteiger charge is 2.74. The third-order valence-corrected chi connectivity index (χ3v) is 7.79. The number of aryl methyl sites for hydroxylation is 2. The Morgan fingerprint density at radius 2 is 1.88 bits per heavy atom. The monoisotopic (exact) mass is 446 g/mol. The van der Waals surface area contributed by atoms with E-state index in [1.54, 1.807) is 13.0 Å². The van der Waals surface area contributed by atoms with E-state index in [2.05, 4.69) is 10.2 Å². The van der Waals surface area contributed by atoms with E-state index in [4.69, 9.17) is 0 Å². The van der Waals surface area contributed by atoms with Crippen LogP contribution in [0, 0.1) is 35.8 Å². The Kier molecular flexibility index (Phi) is 3.93. The number of carbonyl (C=O) groups is 3. The standard InChI is InChI=1S/C24H22N4O5/c1-12-5-8-16-15(10-12)24(23(31)25-16)20-19(17-4-3-9-26(17)24)21(29)27(22(20)30)18-11-14(28(32)33)7-6-13(18)2/h5-8,10-11,17,19-20H,3-4,9H2,1-2H3,(H,25,31)/t17-,19-,20-,24-/m1/s1. The zero-order chi connectivity index (χ0) is 23.2. The largest absolute Gasteiger partial charge is 0.324 e. The number of nitro groups is 1. The third kappa shape index (κ3) is 2.32. The summed E-state index contributed by atoms with van der Waals surface area (Å²) in [4.78, 5) is 55.4. The normalized spacial score (nSPS) is 30.1. The molecule has 2 aromatic carbocycles.